The highest BCUT2D eigenvalue weighted by atomic mass is 32.2. The van der Waals surface area contributed by atoms with E-state index < -0.39 is 15.8 Å². The third kappa shape index (κ3) is 3.41. The molecule has 0 saturated carbocycles. The summed E-state index contributed by atoms with van der Waals surface area (Å²) in [5.41, 5.74) is 0.316. The van der Waals surface area contributed by atoms with Crippen molar-refractivity contribution in [3.8, 4) is 11.8 Å². The molecule has 0 aromatic heterocycles. The second-order valence-corrected chi connectivity index (χ2v) is 6.52. The number of benzene rings is 1. The number of aliphatic hydroxyl groups excluding tert-OH is 1. The first kappa shape index (κ1) is 15.9. The van der Waals surface area contributed by atoms with Crippen LogP contribution in [0.15, 0.2) is 23.1 Å². The van der Waals surface area contributed by atoms with Crippen LogP contribution < -0.4 is 0 Å². The van der Waals surface area contributed by atoms with Crippen molar-refractivity contribution in [3.63, 3.8) is 0 Å². The molecule has 0 amide bonds. The smallest absolute Gasteiger partial charge is 0.246 e. The molecule has 1 aliphatic heterocycles. The predicted molar refractivity (Wildman–Crippen MR) is 74.5 cm³/mol. The molecular formula is C14H16FNO4S. The molecule has 0 spiro atoms. The van der Waals surface area contributed by atoms with Gasteiger partial charge < -0.3 is 9.84 Å². The second kappa shape index (κ2) is 6.54. The number of ether oxygens (including phenoxy) is 1. The van der Waals surface area contributed by atoms with Gasteiger partial charge in [-0.25, -0.2) is 12.8 Å². The molecule has 1 aliphatic rings. The summed E-state index contributed by atoms with van der Waals surface area (Å²) in [6.07, 6.45) is 0.440. The Morgan fingerprint density at radius 2 is 2.29 bits per heavy atom. The third-order valence-electron chi connectivity index (χ3n) is 3.30. The maximum absolute atomic E-state index is 14.0. The van der Waals surface area contributed by atoms with Gasteiger partial charge in [-0.3, -0.25) is 0 Å². The standard InChI is InChI=1S/C14H16FNO4S/c1-20-12-6-7-16(10-12)21(18,19)14-5-4-11(3-2-8-17)9-13(14)15/h4-5,9,12,17H,6-8,10H2,1H3. The van der Waals surface area contributed by atoms with Gasteiger partial charge in [0.2, 0.25) is 10.0 Å². The average molecular weight is 313 g/mol. The summed E-state index contributed by atoms with van der Waals surface area (Å²) in [4.78, 5) is -0.367. The number of methoxy groups -OCH3 is 1. The first-order valence-electron chi connectivity index (χ1n) is 6.41. The second-order valence-electron chi connectivity index (χ2n) is 4.61. The lowest BCUT2D eigenvalue weighted by Crippen LogP contribution is -2.30. The molecule has 5 nitrogen and oxygen atoms in total. The molecule has 1 aromatic rings. The monoisotopic (exact) mass is 313 g/mol. The molecule has 21 heavy (non-hydrogen) atoms. The summed E-state index contributed by atoms with van der Waals surface area (Å²) in [7, 11) is -2.35. The number of aliphatic hydroxyl groups is 1. The zero-order chi connectivity index (χ0) is 15.5. The van der Waals surface area contributed by atoms with Gasteiger partial charge in [0.25, 0.3) is 0 Å². The Balaban J connectivity index is 2.29. The Morgan fingerprint density at radius 3 is 2.86 bits per heavy atom. The van der Waals surface area contributed by atoms with Gasteiger partial charge in [0.15, 0.2) is 0 Å². The van der Waals surface area contributed by atoms with E-state index in [0.717, 1.165) is 6.07 Å². The molecule has 1 N–H and O–H groups in total. The van der Waals surface area contributed by atoms with E-state index >= 15 is 0 Å². The van der Waals surface area contributed by atoms with Crippen LogP contribution in [0.2, 0.25) is 0 Å². The van der Waals surface area contributed by atoms with Crippen molar-refractivity contribution in [2.75, 3.05) is 26.8 Å². The largest absolute Gasteiger partial charge is 0.384 e. The molecule has 1 saturated heterocycles. The molecule has 1 heterocycles. The quantitative estimate of drug-likeness (QED) is 0.829. The van der Waals surface area contributed by atoms with Crippen LogP contribution in [-0.4, -0.2) is 50.7 Å². The fourth-order valence-electron chi connectivity index (χ4n) is 2.18. The minimum absolute atomic E-state index is 0.155. The molecule has 1 aromatic carbocycles. The van der Waals surface area contributed by atoms with Gasteiger partial charge in [-0.1, -0.05) is 11.8 Å². The first-order valence-corrected chi connectivity index (χ1v) is 7.85. The summed E-state index contributed by atoms with van der Waals surface area (Å²) in [5, 5.41) is 8.59. The van der Waals surface area contributed by atoms with Crippen LogP contribution >= 0.6 is 0 Å². The van der Waals surface area contributed by atoms with E-state index in [-0.39, 0.29) is 24.2 Å². The molecule has 1 atom stereocenters. The van der Waals surface area contributed by atoms with Crippen molar-refractivity contribution in [1.29, 1.82) is 0 Å². The van der Waals surface area contributed by atoms with Crippen LogP contribution in [0.1, 0.15) is 12.0 Å². The molecule has 0 bridgehead atoms. The van der Waals surface area contributed by atoms with E-state index in [4.69, 9.17) is 9.84 Å². The number of nitrogens with zero attached hydrogens (tertiary/aromatic N) is 1. The van der Waals surface area contributed by atoms with E-state index in [1.165, 1.54) is 23.5 Å². The molecular weight excluding hydrogens is 297 g/mol. The van der Waals surface area contributed by atoms with Crippen LogP contribution in [0.5, 0.6) is 0 Å². The number of rotatable bonds is 3. The SMILES string of the molecule is COC1CCN(S(=O)(=O)c2ccc(C#CCO)cc2F)C1. The Bertz CT molecular complexity index is 678. The highest BCUT2D eigenvalue weighted by Gasteiger charge is 2.34. The maximum atomic E-state index is 14.0. The lowest BCUT2D eigenvalue weighted by Gasteiger charge is -2.16. The van der Waals surface area contributed by atoms with Gasteiger partial charge in [0, 0.05) is 25.8 Å². The normalized spacial score (nSPS) is 19.3. The Morgan fingerprint density at radius 1 is 1.52 bits per heavy atom. The summed E-state index contributed by atoms with van der Waals surface area (Å²) >= 11 is 0. The number of hydrogen-bond acceptors (Lipinski definition) is 4. The van der Waals surface area contributed by atoms with Crippen LogP contribution in [-0.2, 0) is 14.8 Å². The van der Waals surface area contributed by atoms with Gasteiger partial charge in [0.05, 0.1) is 6.10 Å². The van der Waals surface area contributed by atoms with Crippen molar-refractivity contribution in [2.24, 2.45) is 0 Å². The number of sulfonamides is 1. The van der Waals surface area contributed by atoms with Crippen LogP contribution in [0, 0.1) is 17.7 Å². The molecule has 114 valence electrons. The summed E-state index contributed by atoms with van der Waals surface area (Å²) < 4.78 is 45.2. The van der Waals surface area contributed by atoms with Gasteiger partial charge in [0.1, 0.15) is 17.3 Å². The Hall–Kier alpha value is -1.46. The summed E-state index contributed by atoms with van der Waals surface area (Å²) in [5.74, 6) is 4.07. The van der Waals surface area contributed by atoms with Crippen molar-refractivity contribution < 1.29 is 22.7 Å². The topological polar surface area (TPSA) is 66.8 Å². The lowest BCUT2D eigenvalue weighted by molar-refractivity contribution is 0.115. The van der Waals surface area contributed by atoms with E-state index in [0.29, 0.717) is 18.5 Å². The van der Waals surface area contributed by atoms with E-state index in [9.17, 15) is 12.8 Å². The van der Waals surface area contributed by atoms with Crippen molar-refractivity contribution >= 4 is 10.0 Å². The fraction of sp³-hybridized carbons (Fsp3) is 0.429. The molecule has 7 heteroatoms. The zero-order valence-corrected chi connectivity index (χ0v) is 12.4. The predicted octanol–water partition coefficient (Wildman–Crippen LogP) is 0.579. The zero-order valence-electron chi connectivity index (χ0n) is 11.5. The van der Waals surface area contributed by atoms with Crippen molar-refractivity contribution in [1.82, 2.24) is 4.31 Å². The first-order chi connectivity index (χ1) is 9.98. The van der Waals surface area contributed by atoms with Crippen molar-refractivity contribution in [2.45, 2.75) is 17.4 Å². The van der Waals surface area contributed by atoms with Gasteiger partial charge in [-0.2, -0.15) is 4.31 Å². The minimum Gasteiger partial charge on any atom is -0.384 e. The highest BCUT2D eigenvalue weighted by molar-refractivity contribution is 7.89. The number of hydrogen-bond donors (Lipinski definition) is 1. The number of halogens is 1. The van der Waals surface area contributed by atoms with Gasteiger partial charge in [-0.05, 0) is 24.6 Å². The summed E-state index contributed by atoms with van der Waals surface area (Å²) in [6.45, 7) is 0.199. The van der Waals surface area contributed by atoms with E-state index in [1.807, 2.05) is 0 Å². The highest BCUT2D eigenvalue weighted by Crippen LogP contribution is 2.24. The Kier molecular flexibility index (Phi) is 4.96. The molecule has 0 aliphatic carbocycles. The van der Waals surface area contributed by atoms with Gasteiger partial charge in [-0.15, -0.1) is 0 Å². The molecule has 1 unspecified atom stereocenters. The molecule has 1 fully saturated rings. The van der Waals surface area contributed by atoms with E-state index in [2.05, 4.69) is 11.8 Å². The van der Waals surface area contributed by atoms with Crippen molar-refractivity contribution in [3.05, 3.63) is 29.6 Å². The van der Waals surface area contributed by atoms with Crippen LogP contribution in [0.3, 0.4) is 0 Å². The third-order valence-corrected chi connectivity index (χ3v) is 5.20. The Labute approximate surface area is 123 Å². The van der Waals surface area contributed by atoms with E-state index in [1.54, 1.807) is 0 Å². The average Bonchev–Trinajstić information content (AvgIpc) is 2.94. The molecule has 0 radical (unpaired) electrons. The van der Waals surface area contributed by atoms with Crippen LogP contribution in [0.25, 0.3) is 0 Å². The maximum Gasteiger partial charge on any atom is 0.246 e. The lowest BCUT2D eigenvalue weighted by atomic mass is 10.2. The minimum atomic E-state index is -3.87. The molecule has 2 rings (SSSR count). The fourth-order valence-corrected chi connectivity index (χ4v) is 3.71. The summed E-state index contributed by atoms with van der Waals surface area (Å²) in [6, 6.07) is 3.67. The van der Waals surface area contributed by atoms with Crippen LogP contribution in [0.4, 0.5) is 4.39 Å². The van der Waals surface area contributed by atoms with Gasteiger partial charge >= 0.3 is 0 Å².